The summed E-state index contributed by atoms with van der Waals surface area (Å²) >= 11 is 4.52. The van der Waals surface area contributed by atoms with Crippen LogP contribution >= 0.6 is 27.3 Å². The second kappa shape index (κ2) is 9.30. The number of hydrogen-bond acceptors (Lipinski definition) is 4. The lowest BCUT2D eigenvalue weighted by molar-refractivity contribution is 0.0651. The van der Waals surface area contributed by atoms with E-state index in [2.05, 4.69) is 15.9 Å². The quantitative estimate of drug-likeness (QED) is 0.306. The van der Waals surface area contributed by atoms with E-state index >= 15 is 0 Å². The number of nitrogens with zero attached hydrogens (tertiary/aromatic N) is 2. The second-order valence-corrected chi connectivity index (χ2v) is 9.63. The molecule has 2 aromatic carbocycles. The highest BCUT2D eigenvalue weighted by Gasteiger charge is 2.34. The Morgan fingerprint density at radius 1 is 0.969 bits per heavy atom. The lowest BCUT2D eigenvalue weighted by Crippen LogP contribution is -2.34. The van der Waals surface area contributed by atoms with E-state index < -0.39 is 17.5 Å². The standard InChI is InChI=1S/C23H17BrF2N2O3S/c24-20-10-9-19(32-20)23(31)27(18-8-7-14(25)13-17(18)26)11-3-4-12-28-21(29)15-5-1-2-6-16(15)22(28)30/h1-2,5-10,13H,3-4,11-12H2. The SMILES string of the molecule is O=C1c2ccccc2C(=O)N1CCCCN(C(=O)c1ccc(Br)s1)c1ccc(F)cc1F. The van der Waals surface area contributed by atoms with Gasteiger partial charge in [0.2, 0.25) is 0 Å². The molecule has 9 heteroatoms. The van der Waals surface area contributed by atoms with Crippen molar-refractivity contribution in [1.82, 2.24) is 4.90 Å². The van der Waals surface area contributed by atoms with Gasteiger partial charge in [-0.15, -0.1) is 11.3 Å². The van der Waals surface area contributed by atoms with E-state index in [1.54, 1.807) is 36.4 Å². The summed E-state index contributed by atoms with van der Waals surface area (Å²) in [6, 6.07) is 13.1. The topological polar surface area (TPSA) is 57.7 Å². The average molecular weight is 519 g/mol. The van der Waals surface area contributed by atoms with Crippen LogP contribution in [0.2, 0.25) is 0 Å². The smallest absolute Gasteiger partial charge is 0.268 e. The van der Waals surface area contributed by atoms with Crippen LogP contribution in [0.1, 0.15) is 43.2 Å². The van der Waals surface area contributed by atoms with Gasteiger partial charge in [0, 0.05) is 19.2 Å². The van der Waals surface area contributed by atoms with Crippen molar-refractivity contribution < 1.29 is 23.2 Å². The molecule has 5 nitrogen and oxygen atoms in total. The first-order chi connectivity index (χ1) is 15.4. The van der Waals surface area contributed by atoms with Crippen molar-refractivity contribution in [3.8, 4) is 0 Å². The highest BCUT2D eigenvalue weighted by Crippen LogP contribution is 2.28. The molecule has 0 fully saturated rings. The van der Waals surface area contributed by atoms with Gasteiger partial charge in [0.05, 0.1) is 25.5 Å². The van der Waals surface area contributed by atoms with Crippen LogP contribution in [0.25, 0.3) is 0 Å². The van der Waals surface area contributed by atoms with Crippen LogP contribution in [0, 0.1) is 11.6 Å². The van der Waals surface area contributed by atoms with Gasteiger partial charge in [-0.1, -0.05) is 12.1 Å². The summed E-state index contributed by atoms with van der Waals surface area (Å²) in [6.07, 6.45) is 0.828. The number of carbonyl (C=O) groups excluding carboxylic acids is 3. The van der Waals surface area contributed by atoms with Crippen molar-refractivity contribution in [2.45, 2.75) is 12.8 Å². The fourth-order valence-electron chi connectivity index (χ4n) is 3.58. The molecule has 1 aromatic heterocycles. The number of halogens is 3. The molecule has 0 N–H and O–H groups in total. The van der Waals surface area contributed by atoms with E-state index in [-0.39, 0.29) is 30.6 Å². The van der Waals surface area contributed by atoms with E-state index in [0.29, 0.717) is 28.8 Å². The maximum Gasteiger partial charge on any atom is 0.268 e. The minimum absolute atomic E-state index is 0.0262. The Morgan fingerprint density at radius 2 is 1.66 bits per heavy atom. The monoisotopic (exact) mass is 518 g/mol. The van der Waals surface area contributed by atoms with E-state index in [0.717, 1.165) is 15.9 Å². The van der Waals surface area contributed by atoms with Crippen molar-refractivity contribution in [1.29, 1.82) is 0 Å². The lowest BCUT2D eigenvalue weighted by atomic mass is 10.1. The van der Waals surface area contributed by atoms with E-state index in [1.165, 1.54) is 27.2 Å². The van der Waals surface area contributed by atoms with Gasteiger partial charge in [0.15, 0.2) is 0 Å². The Labute approximate surface area is 195 Å². The maximum absolute atomic E-state index is 14.5. The highest BCUT2D eigenvalue weighted by molar-refractivity contribution is 9.11. The van der Waals surface area contributed by atoms with Crippen LogP contribution in [-0.4, -0.2) is 35.7 Å². The van der Waals surface area contributed by atoms with Crippen LogP contribution in [-0.2, 0) is 0 Å². The van der Waals surface area contributed by atoms with Crippen LogP contribution < -0.4 is 4.90 Å². The summed E-state index contributed by atoms with van der Waals surface area (Å²) in [5.74, 6) is -2.66. The van der Waals surface area contributed by atoms with Gasteiger partial charge in [-0.2, -0.15) is 0 Å². The first-order valence-corrected chi connectivity index (χ1v) is 11.5. The average Bonchev–Trinajstić information content (AvgIpc) is 3.31. The van der Waals surface area contributed by atoms with E-state index in [1.807, 2.05) is 0 Å². The molecule has 2 heterocycles. The molecular weight excluding hydrogens is 502 g/mol. The van der Waals surface area contributed by atoms with Crippen molar-refractivity contribution in [3.63, 3.8) is 0 Å². The minimum Gasteiger partial charge on any atom is -0.305 e. The van der Waals surface area contributed by atoms with Gasteiger partial charge in [0.1, 0.15) is 11.6 Å². The molecule has 1 aliphatic rings. The molecule has 0 saturated carbocycles. The fraction of sp³-hybridized carbons (Fsp3) is 0.174. The summed E-state index contributed by atoms with van der Waals surface area (Å²) in [6.45, 7) is 0.324. The minimum atomic E-state index is -0.839. The normalized spacial score (nSPS) is 12.9. The molecular formula is C23H17BrF2N2O3S. The van der Waals surface area contributed by atoms with Gasteiger partial charge >= 0.3 is 0 Å². The number of thiophene rings is 1. The Kier molecular flexibility index (Phi) is 6.48. The van der Waals surface area contributed by atoms with E-state index in [9.17, 15) is 23.2 Å². The molecule has 3 amide bonds. The number of anilines is 1. The fourth-order valence-corrected chi connectivity index (χ4v) is 4.91. The number of rotatable bonds is 7. The molecule has 4 rings (SSSR count). The second-order valence-electron chi connectivity index (χ2n) is 7.17. The molecule has 164 valence electrons. The van der Waals surface area contributed by atoms with Gasteiger partial charge < -0.3 is 4.90 Å². The summed E-state index contributed by atoms with van der Waals surface area (Å²) in [4.78, 5) is 40.8. The molecule has 0 bridgehead atoms. The molecule has 0 spiro atoms. The lowest BCUT2D eigenvalue weighted by Gasteiger charge is -2.23. The number of imide groups is 1. The van der Waals surface area contributed by atoms with Gasteiger partial charge in [-0.3, -0.25) is 19.3 Å². The summed E-state index contributed by atoms with van der Waals surface area (Å²) < 4.78 is 28.6. The highest BCUT2D eigenvalue weighted by atomic mass is 79.9. The van der Waals surface area contributed by atoms with Crippen molar-refractivity contribution in [2.24, 2.45) is 0 Å². The number of amides is 3. The number of carbonyl (C=O) groups is 3. The summed E-state index contributed by atoms with van der Waals surface area (Å²) in [5, 5.41) is 0. The molecule has 1 aliphatic heterocycles. The van der Waals surface area contributed by atoms with Gasteiger partial charge in [-0.05, 0) is 65.2 Å². The zero-order chi connectivity index (χ0) is 22.8. The molecule has 0 unspecified atom stereocenters. The third-order valence-electron chi connectivity index (χ3n) is 5.12. The third-order valence-corrected chi connectivity index (χ3v) is 6.73. The van der Waals surface area contributed by atoms with Crippen LogP contribution in [0.5, 0.6) is 0 Å². The molecule has 0 radical (unpaired) electrons. The number of benzene rings is 2. The molecule has 32 heavy (non-hydrogen) atoms. The first-order valence-electron chi connectivity index (χ1n) is 9.84. The Balaban J connectivity index is 1.46. The predicted octanol–water partition coefficient (Wildman–Crippen LogP) is 5.51. The van der Waals surface area contributed by atoms with Crippen LogP contribution in [0.15, 0.2) is 58.4 Å². The Bertz CT molecular complexity index is 1180. The van der Waals surface area contributed by atoms with E-state index in [4.69, 9.17) is 0 Å². The summed E-state index contributed by atoms with van der Waals surface area (Å²) in [7, 11) is 0. The molecule has 3 aromatic rings. The van der Waals surface area contributed by atoms with Crippen LogP contribution in [0.4, 0.5) is 14.5 Å². The van der Waals surface area contributed by atoms with Gasteiger partial charge in [-0.25, -0.2) is 8.78 Å². The Hall–Kier alpha value is -2.91. The van der Waals surface area contributed by atoms with Crippen molar-refractivity contribution >= 4 is 50.7 Å². The molecule has 0 atom stereocenters. The zero-order valence-electron chi connectivity index (χ0n) is 16.7. The van der Waals surface area contributed by atoms with Crippen LogP contribution in [0.3, 0.4) is 0 Å². The van der Waals surface area contributed by atoms with Crippen molar-refractivity contribution in [2.75, 3.05) is 18.0 Å². The first kappa shape index (κ1) is 22.3. The predicted molar refractivity (Wildman–Crippen MR) is 121 cm³/mol. The number of hydrogen-bond donors (Lipinski definition) is 0. The third kappa shape index (κ3) is 4.35. The summed E-state index contributed by atoms with van der Waals surface area (Å²) in [5.41, 5.74) is 0.735. The Morgan fingerprint density at radius 3 is 2.25 bits per heavy atom. The molecule has 0 saturated heterocycles. The largest absolute Gasteiger partial charge is 0.305 e. The number of fused-ring (bicyclic) bond motifs is 1. The zero-order valence-corrected chi connectivity index (χ0v) is 19.1. The maximum atomic E-state index is 14.5. The van der Waals surface area contributed by atoms with Crippen molar-refractivity contribution in [3.05, 3.63) is 86.0 Å². The number of unbranched alkanes of at least 4 members (excludes halogenated alkanes) is 1. The molecule has 0 aliphatic carbocycles. The van der Waals surface area contributed by atoms with Gasteiger partial charge in [0.25, 0.3) is 17.7 Å².